The van der Waals surface area contributed by atoms with Gasteiger partial charge in [0.15, 0.2) is 6.61 Å². The molecule has 0 fully saturated rings. The van der Waals surface area contributed by atoms with Crippen LogP contribution in [0.1, 0.15) is 16.1 Å². The Hall–Kier alpha value is -3.29. The molecule has 0 aliphatic heterocycles. The van der Waals surface area contributed by atoms with Crippen LogP contribution in [0.5, 0.6) is 5.75 Å². The highest BCUT2D eigenvalue weighted by atomic mass is 16.5. The van der Waals surface area contributed by atoms with Crippen LogP contribution in [-0.4, -0.2) is 39.8 Å². The zero-order chi connectivity index (χ0) is 15.8. The number of carboxylic acids is 1. The summed E-state index contributed by atoms with van der Waals surface area (Å²) in [5, 5.41) is 12.3. The van der Waals surface area contributed by atoms with E-state index >= 15 is 0 Å². The van der Waals surface area contributed by atoms with Crippen LogP contribution in [0.4, 0.5) is 0 Å². The van der Waals surface area contributed by atoms with Gasteiger partial charge in [-0.25, -0.2) is 15.2 Å². The molecule has 112 valence electrons. The highest BCUT2D eigenvalue weighted by molar-refractivity contribution is 5.92. The summed E-state index contributed by atoms with van der Waals surface area (Å²) in [4.78, 5) is 29.6. The molecule has 8 nitrogen and oxygen atoms in total. The Kier molecular flexibility index (Phi) is 5.14. The third-order valence-corrected chi connectivity index (χ3v) is 2.42. The monoisotopic (exact) mass is 300 g/mol. The number of aliphatic carboxylic acids is 1. The van der Waals surface area contributed by atoms with E-state index in [1.165, 1.54) is 24.8 Å². The van der Waals surface area contributed by atoms with Gasteiger partial charge in [0.25, 0.3) is 5.91 Å². The first-order valence-electron chi connectivity index (χ1n) is 6.19. The van der Waals surface area contributed by atoms with Gasteiger partial charge in [0, 0.05) is 12.4 Å². The minimum absolute atomic E-state index is 0.164. The lowest BCUT2D eigenvalue weighted by Gasteiger charge is -2.02. The lowest BCUT2D eigenvalue weighted by atomic mass is 10.2. The van der Waals surface area contributed by atoms with Crippen LogP contribution < -0.4 is 10.2 Å². The summed E-state index contributed by atoms with van der Waals surface area (Å²) < 4.78 is 4.99. The van der Waals surface area contributed by atoms with E-state index < -0.39 is 18.5 Å². The van der Waals surface area contributed by atoms with Gasteiger partial charge in [-0.1, -0.05) is 0 Å². The number of hydrogen-bond acceptors (Lipinski definition) is 6. The van der Waals surface area contributed by atoms with Crippen molar-refractivity contribution in [2.24, 2.45) is 5.10 Å². The molecular weight excluding hydrogens is 288 g/mol. The highest BCUT2D eigenvalue weighted by Crippen LogP contribution is 2.10. The van der Waals surface area contributed by atoms with Crippen molar-refractivity contribution in [3.8, 4) is 5.75 Å². The van der Waals surface area contributed by atoms with Crippen molar-refractivity contribution in [3.05, 3.63) is 54.1 Å². The summed E-state index contributed by atoms with van der Waals surface area (Å²) in [5.41, 5.74) is 3.20. The largest absolute Gasteiger partial charge is 0.482 e. The third-order valence-electron chi connectivity index (χ3n) is 2.42. The molecule has 1 aromatic heterocycles. The maximum atomic E-state index is 11.6. The first kappa shape index (κ1) is 15.1. The maximum absolute atomic E-state index is 11.6. The van der Waals surface area contributed by atoms with Gasteiger partial charge < -0.3 is 9.84 Å². The smallest absolute Gasteiger partial charge is 0.341 e. The average molecular weight is 300 g/mol. The number of nitrogens with zero attached hydrogens (tertiary/aromatic N) is 3. The van der Waals surface area contributed by atoms with Gasteiger partial charge in [-0.15, -0.1) is 0 Å². The van der Waals surface area contributed by atoms with Gasteiger partial charge in [0.1, 0.15) is 11.4 Å². The molecule has 0 atom stereocenters. The van der Waals surface area contributed by atoms with E-state index in [2.05, 4.69) is 20.5 Å². The third kappa shape index (κ3) is 4.67. The number of carbonyl (C=O) groups is 2. The van der Waals surface area contributed by atoms with Crippen molar-refractivity contribution in [1.82, 2.24) is 15.4 Å². The summed E-state index contributed by atoms with van der Waals surface area (Å²) in [5.74, 6) is -1.08. The fraction of sp³-hybridized carbons (Fsp3) is 0.0714. The Balaban J connectivity index is 1.88. The number of benzene rings is 1. The normalized spacial score (nSPS) is 10.4. The van der Waals surface area contributed by atoms with Crippen LogP contribution in [0.25, 0.3) is 0 Å². The molecule has 2 aromatic rings. The Morgan fingerprint density at radius 1 is 1.27 bits per heavy atom. The van der Waals surface area contributed by atoms with E-state index in [9.17, 15) is 9.59 Å². The lowest BCUT2D eigenvalue weighted by molar-refractivity contribution is -0.139. The Labute approximate surface area is 125 Å². The van der Waals surface area contributed by atoms with Crippen molar-refractivity contribution in [3.63, 3.8) is 0 Å². The molecule has 0 bridgehead atoms. The minimum atomic E-state index is -1.04. The first-order chi connectivity index (χ1) is 10.6. The molecular formula is C14H12N4O4. The van der Waals surface area contributed by atoms with Crippen LogP contribution in [0.15, 0.2) is 48.0 Å². The SMILES string of the molecule is O=C(O)COc1ccc(/C=N\NC(=O)c2cnccn2)cc1. The molecule has 1 aromatic carbocycles. The molecule has 1 heterocycles. The number of carboxylic acid groups (broad SMARTS) is 1. The number of hydrazone groups is 1. The number of amides is 1. The molecule has 0 aliphatic rings. The summed E-state index contributed by atoms with van der Waals surface area (Å²) >= 11 is 0. The second kappa shape index (κ2) is 7.48. The van der Waals surface area contributed by atoms with Gasteiger partial charge >= 0.3 is 5.97 Å². The van der Waals surface area contributed by atoms with Crippen LogP contribution in [0, 0.1) is 0 Å². The summed E-state index contributed by atoms with van der Waals surface area (Å²) in [6.07, 6.45) is 5.65. The van der Waals surface area contributed by atoms with Crippen LogP contribution in [0.3, 0.4) is 0 Å². The van der Waals surface area contributed by atoms with Gasteiger partial charge in [-0.05, 0) is 29.8 Å². The first-order valence-corrected chi connectivity index (χ1v) is 6.19. The standard InChI is InChI=1S/C14H12N4O4/c19-13(20)9-22-11-3-1-10(2-4-11)7-17-18-14(21)12-8-15-5-6-16-12/h1-8H,9H2,(H,18,21)(H,19,20)/b17-7-. The molecule has 0 aliphatic carbocycles. The number of ether oxygens (including phenoxy) is 1. The van der Waals surface area contributed by atoms with Crippen molar-refractivity contribution >= 4 is 18.1 Å². The summed E-state index contributed by atoms with van der Waals surface area (Å²) in [7, 11) is 0. The number of carbonyl (C=O) groups excluding carboxylic acids is 1. The molecule has 0 saturated carbocycles. The highest BCUT2D eigenvalue weighted by Gasteiger charge is 2.04. The quantitative estimate of drug-likeness (QED) is 0.599. The van der Waals surface area contributed by atoms with E-state index in [1.807, 2.05) is 0 Å². The molecule has 2 rings (SSSR count). The fourth-order valence-electron chi connectivity index (χ4n) is 1.43. The van der Waals surface area contributed by atoms with E-state index in [0.717, 1.165) is 0 Å². The minimum Gasteiger partial charge on any atom is -0.482 e. The van der Waals surface area contributed by atoms with Crippen LogP contribution in [-0.2, 0) is 4.79 Å². The van der Waals surface area contributed by atoms with E-state index in [0.29, 0.717) is 11.3 Å². The topological polar surface area (TPSA) is 114 Å². The molecule has 22 heavy (non-hydrogen) atoms. The number of aromatic nitrogens is 2. The average Bonchev–Trinajstić information content (AvgIpc) is 2.55. The van der Waals surface area contributed by atoms with E-state index in [1.54, 1.807) is 24.3 Å². The molecule has 8 heteroatoms. The molecule has 0 spiro atoms. The van der Waals surface area contributed by atoms with Gasteiger partial charge in [-0.3, -0.25) is 9.78 Å². The van der Waals surface area contributed by atoms with Gasteiger partial charge in [0.05, 0.1) is 12.4 Å². The van der Waals surface area contributed by atoms with E-state index in [-0.39, 0.29) is 5.69 Å². The number of nitrogens with one attached hydrogen (secondary N) is 1. The molecule has 2 N–H and O–H groups in total. The summed E-state index contributed by atoms with van der Waals surface area (Å²) in [6, 6.07) is 6.56. The molecule has 0 radical (unpaired) electrons. The van der Waals surface area contributed by atoms with Gasteiger partial charge in [-0.2, -0.15) is 5.10 Å². The van der Waals surface area contributed by atoms with Crippen molar-refractivity contribution < 1.29 is 19.4 Å². The fourth-order valence-corrected chi connectivity index (χ4v) is 1.43. The van der Waals surface area contributed by atoms with Crippen LogP contribution >= 0.6 is 0 Å². The predicted octanol–water partition coefficient (Wildman–Crippen LogP) is 0.704. The summed E-state index contributed by atoms with van der Waals surface area (Å²) in [6.45, 7) is -0.401. The van der Waals surface area contributed by atoms with Crippen molar-refractivity contribution in [2.45, 2.75) is 0 Å². The Bertz CT molecular complexity index is 671. The molecule has 1 amide bonds. The zero-order valence-corrected chi connectivity index (χ0v) is 11.3. The molecule has 0 saturated heterocycles. The second-order valence-electron chi connectivity index (χ2n) is 4.04. The predicted molar refractivity (Wildman–Crippen MR) is 76.7 cm³/mol. The van der Waals surface area contributed by atoms with Crippen molar-refractivity contribution in [2.75, 3.05) is 6.61 Å². The number of rotatable bonds is 6. The second-order valence-corrected chi connectivity index (χ2v) is 4.04. The van der Waals surface area contributed by atoms with Crippen molar-refractivity contribution in [1.29, 1.82) is 0 Å². The van der Waals surface area contributed by atoms with Crippen LogP contribution in [0.2, 0.25) is 0 Å². The lowest BCUT2D eigenvalue weighted by Crippen LogP contribution is -2.19. The van der Waals surface area contributed by atoms with E-state index in [4.69, 9.17) is 9.84 Å². The zero-order valence-electron chi connectivity index (χ0n) is 11.3. The number of hydrogen-bond donors (Lipinski definition) is 2. The Morgan fingerprint density at radius 3 is 2.68 bits per heavy atom. The molecule has 0 unspecified atom stereocenters. The Morgan fingerprint density at radius 2 is 2.05 bits per heavy atom. The maximum Gasteiger partial charge on any atom is 0.341 e. The van der Waals surface area contributed by atoms with Gasteiger partial charge in [0.2, 0.25) is 0 Å².